The molecule has 0 N–H and O–H groups in total. The van der Waals surface area contributed by atoms with Crippen LogP contribution < -0.4 is 4.74 Å². The van der Waals surface area contributed by atoms with E-state index in [1.807, 2.05) is 36.1 Å². The highest BCUT2D eigenvalue weighted by molar-refractivity contribution is 6.00. The van der Waals surface area contributed by atoms with E-state index in [4.69, 9.17) is 4.74 Å². The van der Waals surface area contributed by atoms with Crippen molar-refractivity contribution < 1.29 is 9.53 Å². The van der Waals surface area contributed by atoms with Crippen LogP contribution in [0.5, 0.6) is 5.88 Å². The van der Waals surface area contributed by atoms with Gasteiger partial charge in [-0.15, -0.1) is 0 Å². The molecule has 30 heavy (non-hydrogen) atoms. The molecule has 1 aliphatic carbocycles. The van der Waals surface area contributed by atoms with E-state index in [-0.39, 0.29) is 18.1 Å². The number of benzene rings is 1. The number of amides is 1. The van der Waals surface area contributed by atoms with Gasteiger partial charge in [0.25, 0.3) is 5.91 Å². The van der Waals surface area contributed by atoms with E-state index in [1.54, 1.807) is 30.9 Å². The fourth-order valence-electron chi connectivity index (χ4n) is 4.55. The molecule has 3 aromatic rings. The number of nitrogens with zero attached hydrogens (tertiary/aromatic N) is 5. The smallest absolute Gasteiger partial charge is 0.254 e. The molecule has 2 saturated heterocycles. The van der Waals surface area contributed by atoms with Crippen molar-refractivity contribution in [3.8, 4) is 17.3 Å². The van der Waals surface area contributed by atoms with E-state index >= 15 is 0 Å². The van der Waals surface area contributed by atoms with Crippen LogP contribution in [0.3, 0.4) is 0 Å². The van der Waals surface area contributed by atoms with Crippen LogP contribution in [-0.4, -0.2) is 49.4 Å². The number of hydrogen-bond acceptors (Lipinski definition) is 6. The summed E-state index contributed by atoms with van der Waals surface area (Å²) in [5, 5.41) is 0. The minimum Gasteiger partial charge on any atom is -0.471 e. The van der Waals surface area contributed by atoms with Crippen LogP contribution >= 0.6 is 0 Å². The second-order valence-corrected chi connectivity index (χ2v) is 7.97. The topological polar surface area (TPSA) is 81.1 Å². The van der Waals surface area contributed by atoms with E-state index in [0.29, 0.717) is 23.2 Å². The summed E-state index contributed by atoms with van der Waals surface area (Å²) in [5.74, 6) is 1.52. The second kappa shape index (κ2) is 7.82. The van der Waals surface area contributed by atoms with Crippen molar-refractivity contribution in [1.29, 1.82) is 0 Å². The molecule has 1 saturated carbocycles. The van der Waals surface area contributed by atoms with Gasteiger partial charge in [0, 0.05) is 24.5 Å². The fourth-order valence-corrected chi connectivity index (χ4v) is 4.55. The number of carbonyl (C=O) groups excluding carboxylic acids is 1. The third-order valence-corrected chi connectivity index (χ3v) is 5.98. The average molecular weight is 401 g/mol. The summed E-state index contributed by atoms with van der Waals surface area (Å²) < 4.78 is 6.18. The van der Waals surface area contributed by atoms with Crippen molar-refractivity contribution in [3.05, 3.63) is 66.4 Å². The van der Waals surface area contributed by atoms with Gasteiger partial charge in [-0.1, -0.05) is 18.2 Å². The quantitative estimate of drug-likeness (QED) is 0.667. The highest BCUT2D eigenvalue weighted by Gasteiger charge is 2.44. The van der Waals surface area contributed by atoms with Crippen LogP contribution in [0.2, 0.25) is 0 Å². The summed E-state index contributed by atoms with van der Waals surface area (Å²) in [7, 11) is 0. The van der Waals surface area contributed by atoms with Gasteiger partial charge in [-0.2, -0.15) is 0 Å². The molecule has 4 heterocycles. The lowest BCUT2D eigenvalue weighted by atomic mass is 9.77. The number of rotatable bonds is 4. The lowest BCUT2D eigenvalue weighted by Crippen LogP contribution is -2.59. The lowest BCUT2D eigenvalue weighted by Gasteiger charge is -2.49. The van der Waals surface area contributed by atoms with Gasteiger partial charge >= 0.3 is 0 Å². The molecule has 1 aromatic carbocycles. The second-order valence-electron chi connectivity index (χ2n) is 7.97. The van der Waals surface area contributed by atoms with Gasteiger partial charge in [-0.25, -0.2) is 15.0 Å². The number of carbonyl (C=O) groups is 1. The monoisotopic (exact) mass is 401 g/mol. The Bertz CT molecular complexity index is 1040. The van der Waals surface area contributed by atoms with Gasteiger partial charge in [0.2, 0.25) is 5.88 Å². The molecule has 2 bridgehead atoms. The number of aryl methyl sites for hydroxylation is 1. The first-order chi connectivity index (χ1) is 14.7. The SMILES string of the molecule is Cc1cnc(OC2CC3CCC2N(C(=O)c2ccccc2-c2ncccn2)C3)cn1. The summed E-state index contributed by atoms with van der Waals surface area (Å²) in [4.78, 5) is 32.9. The summed E-state index contributed by atoms with van der Waals surface area (Å²) in [6.45, 7) is 2.65. The van der Waals surface area contributed by atoms with E-state index in [2.05, 4.69) is 19.9 Å². The first-order valence-electron chi connectivity index (χ1n) is 10.3. The molecule has 6 rings (SSSR count). The van der Waals surface area contributed by atoms with E-state index < -0.39 is 0 Å². The molecule has 3 unspecified atom stereocenters. The van der Waals surface area contributed by atoms with Gasteiger partial charge in [-0.3, -0.25) is 9.78 Å². The third-order valence-electron chi connectivity index (χ3n) is 5.98. The average Bonchev–Trinajstić information content (AvgIpc) is 2.81. The largest absolute Gasteiger partial charge is 0.471 e. The van der Waals surface area contributed by atoms with Crippen LogP contribution in [0, 0.1) is 12.8 Å². The molecule has 152 valence electrons. The van der Waals surface area contributed by atoms with Crippen molar-refractivity contribution in [1.82, 2.24) is 24.8 Å². The van der Waals surface area contributed by atoms with Gasteiger partial charge in [-0.05, 0) is 44.2 Å². The molecule has 7 heteroatoms. The summed E-state index contributed by atoms with van der Waals surface area (Å²) in [6.07, 6.45) is 9.67. The Morgan fingerprint density at radius 2 is 1.87 bits per heavy atom. The maximum Gasteiger partial charge on any atom is 0.254 e. The summed E-state index contributed by atoms with van der Waals surface area (Å²) >= 11 is 0. The van der Waals surface area contributed by atoms with Gasteiger partial charge in [0.15, 0.2) is 5.82 Å². The number of fused-ring (bicyclic) bond motifs is 3. The van der Waals surface area contributed by atoms with Crippen LogP contribution in [0.25, 0.3) is 11.4 Å². The number of aromatic nitrogens is 4. The van der Waals surface area contributed by atoms with Crippen LogP contribution in [0.1, 0.15) is 35.3 Å². The van der Waals surface area contributed by atoms with Crippen molar-refractivity contribution in [3.63, 3.8) is 0 Å². The molecule has 1 amide bonds. The Balaban J connectivity index is 1.42. The molecule has 7 nitrogen and oxygen atoms in total. The van der Waals surface area contributed by atoms with Crippen molar-refractivity contribution in [2.45, 2.75) is 38.3 Å². The number of piperidine rings is 2. The number of hydrogen-bond donors (Lipinski definition) is 0. The minimum absolute atomic E-state index is 0.0102. The third kappa shape index (κ3) is 3.51. The zero-order valence-electron chi connectivity index (χ0n) is 16.8. The highest BCUT2D eigenvalue weighted by Crippen LogP contribution is 2.38. The first kappa shape index (κ1) is 18.7. The molecule has 3 aliphatic rings. The maximum atomic E-state index is 13.6. The van der Waals surface area contributed by atoms with E-state index in [0.717, 1.165) is 37.1 Å². The normalized spacial score (nSPS) is 22.7. The molecule has 0 radical (unpaired) electrons. The minimum atomic E-state index is -0.0707. The summed E-state index contributed by atoms with van der Waals surface area (Å²) in [5.41, 5.74) is 2.24. The van der Waals surface area contributed by atoms with Crippen LogP contribution in [-0.2, 0) is 0 Å². The van der Waals surface area contributed by atoms with Crippen LogP contribution in [0.4, 0.5) is 0 Å². The van der Waals surface area contributed by atoms with Gasteiger partial charge < -0.3 is 9.64 Å². The van der Waals surface area contributed by atoms with E-state index in [9.17, 15) is 4.79 Å². The number of ether oxygens (including phenoxy) is 1. The molecule has 2 aromatic heterocycles. The zero-order chi connectivity index (χ0) is 20.5. The Hall–Kier alpha value is -3.35. The molecule has 3 fully saturated rings. The van der Waals surface area contributed by atoms with Crippen molar-refractivity contribution in [2.75, 3.05) is 6.54 Å². The maximum absolute atomic E-state index is 13.6. The van der Waals surface area contributed by atoms with Crippen molar-refractivity contribution in [2.24, 2.45) is 5.92 Å². The Morgan fingerprint density at radius 1 is 1.03 bits per heavy atom. The lowest BCUT2D eigenvalue weighted by molar-refractivity contribution is -0.0314. The molecular weight excluding hydrogens is 378 g/mol. The highest BCUT2D eigenvalue weighted by atomic mass is 16.5. The zero-order valence-corrected chi connectivity index (χ0v) is 16.8. The fraction of sp³-hybridized carbons (Fsp3) is 0.348. The first-order valence-corrected chi connectivity index (χ1v) is 10.3. The van der Waals surface area contributed by atoms with Gasteiger partial charge in [0.1, 0.15) is 6.10 Å². The molecule has 2 aliphatic heterocycles. The Labute approximate surface area is 175 Å². The summed E-state index contributed by atoms with van der Waals surface area (Å²) in [6, 6.07) is 9.35. The molecule has 3 atom stereocenters. The molecular formula is C23H23N5O2. The Morgan fingerprint density at radius 3 is 2.63 bits per heavy atom. The standard InChI is InChI=1S/C23H23N5O2/c1-15-12-27-21(13-26-15)30-20-11-16-7-8-19(20)28(14-16)23(29)18-6-3-2-5-17(18)22-24-9-4-10-25-22/h2-6,9-10,12-13,16,19-20H,7-8,11,14H2,1H3. The molecule has 0 spiro atoms. The predicted octanol–water partition coefficient (Wildman–Crippen LogP) is 3.31. The predicted molar refractivity (Wildman–Crippen MR) is 111 cm³/mol. The Kier molecular flexibility index (Phi) is 4.86. The van der Waals surface area contributed by atoms with Gasteiger partial charge in [0.05, 0.1) is 29.7 Å². The van der Waals surface area contributed by atoms with Crippen molar-refractivity contribution >= 4 is 5.91 Å². The van der Waals surface area contributed by atoms with Crippen LogP contribution in [0.15, 0.2) is 55.1 Å². The van der Waals surface area contributed by atoms with E-state index in [1.165, 1.54) is 0 Å².